The molecule has 0 amide bonds. The van der Waals surface area contributed by atoms with Crippen molar-refractivity contribution in [1.29, 1.82) is 0 Å². The highest BCUT2D eigenvalue weighted by Crippen LogP contribution is 2.13. The highest BCUT2D eigenvalue weighted by atomic mass is 35.5. The van der Waals surface area contributed by atoms with Crippen LogP contribution in [0.3, 0.4) is 0 Å². The van der Waals surface area contributed by atoms with Crippen molar-refractivity contribution in [2.75, 3.05) is 0 Å². The van der Waals surface area contributed by atoms with Gasteiger partial charge >= 0.3 is 0 Å². The maximum absolute atomic E-state index is 5.64. The molecule has 0 aliphatic rings. The van der Waals surface area contributed by atoms with E-state index in [0.717, 1.165) is 11.0 Å². The Bertz CT molecular complexity index is 355. The molecule has 0 saturated carbocycles. The van der Waals surface area contributed by atoms with Crippen molar-refractivity contribution < 1.29 is 0 Å². The number of aromatic amines is 1. The molecule has 4 heteroatoms. The summed E-state index contributed by atoms with van der Waals surface area (Å²) in [5.41, 5.74) is 1.62. The normalized spacial score (nSPS) is 10.5. The molecule has 3 nitrogen and oxygen atoms in total. The SMILES string of the molecule is Clc1[c]cc2nn[nH]c2c1. The Kier molecular flexibility index (Phi) is 1.11. The molecule has 0 spiro atoms. The van der Waals surface area contributed by atoms with Crippen molar-refractivity contribution in [1.82, 2.24) is 15.4 Å². The number of hydrogen-bond acceptors (Lipinski definition) is 2. The highest BCUT2D eigenvalue weighted by Gasteiger charge is 1.95. The zero-order chi connectivity index (χ0) is 6.97. The lowest BCUT2D eigenvalue weighted by atomic mass is 10.3. The fourth-order valence-corrected chi connectivity index (χ4v) is 0.926. The summed E-state index contributed by atoms with van der Waals surface area (Å²) >= 11 is 5.64. The lowest BCUT2D eigenvalue weighted by Gasteiger charge is -1.84. The van der Waals surface area contributed by atoms with E-state index in [-0.39, 0.29) is 0 Å². The van der Waals surface area contributed by atoms with Crippen LogP contribution in [0.25, 0.3) is 11.0 Å². The van der Waals surface area contributed by atoms with Crippen LogP contribution in [0, 0.1) is 6.07 Å². The first kappa shape index (κ1) is 5.68. The van der Waals surface area contributed by atoms with E-state index in [2.05, 4.69) is 21.5 Å². The van der Waals surface area contributed by atoms with Crippen LogP contribution in [-0.2, 0) is 0 Å². The monoisotopic (exact) mass is 152 g/mol. The second kappa shape index (κ2) is 1.95. The van der Waals surface area contributed by atoms with E-state index in [1.54, 1.807) is 12.1 Å². The van der Waals surface area contributed by atoms with Crippen LogP contribution in [0.5, 0.6) is 0 Å². The quantitative estimate of drug-likeness (QED) is 0.620. The Hall–Kier alpha value is -1.09. The molecular formula is C6H3ClN3. The van der Waals surface area contributed by atoms with Crippen LogP contribution >= 0.6 is 11.6 Å². The van der Waals surface area contributed by atoms with Gasteiger partial charge in [0.15, 0.2) is 0 Å². The number of benzene rings is 1. The summed E-state index contributed by atoms with van der Waals surface area (Å²) in [5.74, 6) is 0. The van der Waals surface area contributed by atoms with Gasteiger partial charge in [-0.15, -0.1) is 5.10 Å². The van der Waals surface area contributed by atoms with Crippen molar-refractivity contribution in [2.45, 2.75) is 0 Å². The molecule has 0 aliphatic heterocycles. The Balaban J connectivity index is 2.86. The molecule has 10 heavy (non-hydrogen) atoms. The van der Waals surface area contributed by atoms with Gasteiger partial charge in [-0.3, -0.25) is 5.10 Å². The van der Waals surface area contributed by atoms with Crippen LogP contribution < -0.4 is 0 Å². The van der Waals surface area contributed by atoms with E-state index < -0.39 is 0 Å². The minimum absolute atomic E-state index is 0.568. The molecule has 0 saturated heterocycles. The first-order valence-electron chi connectivity index (χ1n) is 2.74. The highest BCUT2D eigenvalue weighted by molar-refractivity contribution is 6.31. The Labute approximate surface area is 62.0 Å². The summed E-state index contributed by atoms with van der Waals surface area (Å²) in [5, 5.41) is 10.6. The van der Waals surface area contributed by atoms with Crippen molar-refractivity contribution >= 4 is 22.6 Å². The number of fused-ring (bicyclic) bond motifs is 1. The maximum Gasteiger partial charge on any atom is 0.113 e. The topological polar surface area (TPSA) is 41.6 Å². The summed E-state index contributed by atoms with van der Waals surface area (Å²) < 4.78 is 0. The molecule has 0 atom stereocenters. The fourth-order valence-electron chi connectivity index (χ4n) is 0.762. The molecule has 1 aromatic heterocycles. The molecule has 1 aromatic carbocycles. The zero-order valence-corrected chi connectivity index (χ0v) is 5.68. The molecule has 2 rings (SSSR count). The van der Waals surface area contributed by atoms with E-state index in [1.807, 2.05) is 0 Å². The predicted molar refractivity (Wildman–Crippen MR) is 37.7 cm³/mol. The third-order valence-corrected chi connectivity index (χ3v) is 1.44. The van der Waals surface area contributed by atoms with E-state index in [9.17, 15) is 0 Å². The molecule has 0 fully saturated rings. The van der Waals surface area contributed by atoms with Crippen molar-refractivity contribution in [3.8, 4) is 0 Å². The Morgan fingerprint density at radius 3 is 3.40 bits per heavy atom. The average Bonchev–Trinajstić information content (AvgIpc) is 2.33. The number of halogens is 1. The summed E-state index contributed by atoms with van der Waals surface area (Å²) in [7, 11) is 0. The minimum atomic E-state index is 0.568. The van der Waals surface area contributed by atoms with Gasteiger partial charge in [-0.05, 0) is 12.1 Å². The third-order valence-electron chi connectivity index (χ3n) is 1.22. The second-order valence-corrected chi connectivity index (χ2v) is 2.30. The van der Waals surface area contributed by atoms with Gasteiger partial charge in [0.25, 0.3) is 0 Å². The summed E-state index contributed by atoms with van der Waals surface area (Å²) in [6.07, 6.45) is 0. The molecule has 1 N–H and O–H groups in total. The van der Waals surface area contributed by atoms with Gasteiger partial charge in [-0.1, -0.05) is 16.8 Å². The number of nitrogens with one attached hydrogen (secondary N) is 1. The Morgan fingerprint density at radius 2 is 2.50 bits per heavy atom. The summed E-state index contributed by atoms with van der Waals surface area (Å²) in [4.78, 5) is 0. The Morgan fingerprint density at radius 1 is 1.60 bits per heavy atom. The van der Waals surface area contributed by atoms with E-state index >= 15 is 0 Å². The van der Waals surface area contributed by atoms with Gasteiger partial charge in [0.1, 0.15) is 5.52 Å². The third kappa shape index (κ3) is 0.752. The van der Waals surface area contributed by atoms with Gasteiger partial charge < -0.3 is 0 Å². The predicted octanol–water partition coefficient (Wildman–Crippen LogP) is 1.41. The van der Waals surface area contributed by atoms with Gasteiger partial charge in [0.2, 0.25) is 0 Å². The molecule has 0 aliphatic carbocycles. The number of hydrogen-bond donors (Lipinski definition) is 1. The number of rotatable bonds is 0. The van der Waals surface area contributed by atoms with Crippen LogP contribution in [0.15, 0.2) is 12.1 Å². The molecule has 2 aromatic rings. The standard InChI is InChI=1S/C6H3ClN3/c7-4-1-2-5-6(3-4)9-10-8-5/h2-3H,(H,8,9,10). The summed E-state index contributed by atoms with van der Waals surface area (Å²) in [6, 6.07) is 6.23. The van der Waals surface area contributed by atoms with E-state index in [4.69, 9.17) is 11.6 Å². The molecule has 49 valence electrons. The second-order valence-electron chi connectivity index (χ2n) is 1.89. The van der Waals surface area contributed by atoms with Crippen LogP contribution in [0.4, 0.5) is 0 Å². The summed E-state index contributed by atoms with van der Waals surface area (Å²) in [6.45, 7) is 0. The molecular weight excluding hydrogens is 150 g/mol. The van der Waals surface area contributed by atoms with E-state index in [1.165, 1.54) is 0 Å². The van der Waals surface area contributed by atoms with Crippen LogP contribution in [-0.4, -0.2) is 15.4 Å². The fraction of sp³-hybridized carbons (Fsp3) is 0. The molecule has 1 radical (unpaired) electrons. The maximum atomic E-state index is 5.64. The van der Waals surface area contributed by atoms with Crippen LogP contribution in [0.1, 0.15) is 0 Å². The van der Waals surface area contributed by atoms with Crippen molar-refractivity contribution in [3.63, 3.8) is 0 Å². The molecule has 0 unspecified atom stereocenters. The minimum Gasteiger partial charge on any atom is -0.257 e. The average molecular weight is 153 g/mol. The van der Waals surface area contributed by atoms with Crippen LogP contribution in [0.2, 0.25) is 5.02 Å². The van der Waals surface area contributed by atoms with Gasteiger partial charge in [-0.25, -0.2) is 0 Å². The van der Waals surface area contributed by atoms with Crippen molar-refractivity contribution in [2.24, 2.45) is 0 Å². The first-order valence-corrected chi connectivity index (χ1v) is 3.12. The number of nitrogens with zero attached hydrogens (tertiary/aromatic N) is 2. The van der Waals surface area contributed by atoms with E-state index in [0.29, 0.717) is 5.02 Å². The largest absolute Gasteiger partial charge is 0.257 e. The number of aromatic nitrogens is 3. The lowest BCUT2D eigenvalue weighted by molar-refractivity contribution is 0.959. The van der Waals surface area contributed by atoms with Crippen molar-refractivity contribution in [3.05, 3.63) is 23.2 Å². The first-order chi connectivity index (χ1) is 4.86. The van der Waals surface area contributed by atoms with Gasteiger partial charge in [-0.2, -0.15) is 0 Å². The van der Waals surface area contributed by atoms with Gasteiger partial charge in [0.05, 0.1) is 10.5 Å². The zero-order valence-electron chi connectivity index (χ0n) is 4.93. The van der Waals surface area contributed by atoms with Gasteiger partial charge in [0, 0.05) is 6.07 Å². The number of H-pyrrole nitrogens is 1. The molecule has 1 heterocycles. The molecule has 0 bridgehead atoms. The lowest BCUT2D eigenvalue weighted by Crippen LogP contribution is -1.68. The smallest absolute Gasteiger partial charge is 0.113 e.